The van der Waals surface area contributed by atoms with Crippen molar-refractivity contribution in [3.8, 4) is 6.07 Å². The number of pyridine rings is 1. The number of primary sulfonamides is 1. The highest BCUT2D eigenvalue weighted by Gasteiger charge is 2.26. The second kappa shape index (κ2) is 8.14. The Balaban J connectivity index is 1.59. The molecule has 1 aliphatic rings. The second-order valence-electron chi connectivity index (χ2n) is 6.43. The lowest BCUT2D eigenvalue weighted by Crippen LogP contribution is -2.38. The SMILES string of the molecule is N#Cc1nc(N2CCC(C(=O)Nc3ccc(S(N)(=O)=O)cc3)CC2)ccc1Cl. The zero-order valence-corrected chi connectivity index (χ0v) is 16.4. The molecule has 1 amide bonds. The molecule has 0 bridgehead atoms. The van der Waals surface area contributed by atoms with E-state index in [4.69, 9.17) is 22.0 Å². The number of rotatable bonds is 4. The molecule has 0 aliphatic carbocycles. The fourth-order valence-electron chi connectivity index (χ4n) is 3.03. The third-order valence-corrected chi connectivity index (χ3v) is 5.81. The molecule has 1 saturated heterocycles. The number of halogens is 1. The first-order valence-corrected chi connectivity index (χ1v) is 10.5. The summed E-state index contributed by atoms with van der Waals surface area (Å²) >= 11 is 5.91. The summed E-state index contributed by atoms with van der Waals surface area (Å²) in [6.07, 6.45) is 1.26. The Bertz CT molecular complexity index is 1030. The van der Waals surface area contributed by atoms with Crippen molar-refractivity contribution in [2.75, 3.05) is 23.3 Å². The number of sulfonamides is 1. The van der Waals surface area contributed by atoms with Crippen molar-refractivity contribution in [3.63, 3.8) is 0 Å². The lowest BCUT2D eigenvalue weighted by Gasteiger charge is -2.32. The molecule has 3 rings (SSSR count). The number of nitrogens with one attached hydrogen (secondary N) is 1. The van der Waals surface area contributed by atoms with Gasteiger partial charge < -0.3 is 10.2 Å². The van der Waals surface area contributed by atoms with Crippen molar-refractivity contribution in [1.29, 1.82) is 5.26 Å². The molecule has 1 aromatic carbocycles. The Kier molecular flexibility index (Phi) is 5.84. The highest BCUT2D eigenvalue weighted by molar-refractivity contribution is 7.89. The molecule has 0 atom stereocenters. The van der Waals surface area contributed by atoms with Crippen molar-refractivity contribution in [1.82, 2.24) is 4.98 Å². The van der Waals surface area contributed by atoms with Gasteiger partial charge in [0, 0.05) is 24.7 Å². The van der Waals surface area contributed by atoms with Crippen molar-refractivity contribution in [2.24, 2.45) is 11.1 Å². The summed E-state index contributed by atoms with van der Waals surface area (Å²) in [5.41, 5.74) is 0.694. The van der Waals surface area contributed by atoms with E-state index in [1.807, 2.05) is 11.0 Å². The standard InChI is InChI=1S/C18H18ClN5O3S/c19-15-5-6-17(23-16(15)11-20)24-9-7-12(8-10-24)18(25)22-13-1-3-14(4-2-13)28(21,26)27/h1-6,12H,7-10H2,(H,22,25)(H2,21,26,27). The summed E-state index contributed by atoms with van der Waals surface area (Å²) in [7, 11) is -3.76. The van der Waals surface area contributed by atoms with Gasteiger partial charge >= 0.3 is 0 Å². The molecule has 3 N–H and O–H groups in total. The average Bonchev–Trinajstić information content (AvgIpc) is 2.68. The lowest BCUT2D eigenvalue weighted by atomic mass is 9.95. The minimum Gasteiger partial charge on any atom is -0.357 e. The summed E-state index contributed by atoms with van der Waals surface area (Å²) in [6.45, 7) is 1.25. The molecule has 28 heavy (non-hydrogen) atoms. The number of carbonyl (C=O) groups excluding carboxylic acids is 1. The Hall–Kier alpha value is -2.67. The van der Waals surface area contributed by atoms with E-state index in [1.165, 1.54) is 24.3 Å². The molecule has 1 aromatic heterocycles. The molecular weight excluding hydrogens is 402 g/mol. The third kappa shape index (κ3) is 4.59. The number of piperidine rings is 1. The zero-order valence-electron chi connectivity index (χ0n) is 14.8. The van der Waals surface area contributed by atoms with Gasteiger partial charge in [0.1, 0.15) is 11.9 Å². The number of amides is 1. The van der Waals surface area contributed by atoms with Gasteiger partial charge in [-0.15, -0.1) is 0 Å². The van der Waals surface area contributed by atoms with Gasteiger partial charge in [0.2, 0.25) is 15.9 Å². The van der Waals surface area contributed by atoms with Crippen molar-refractivity contribution in [3.05, 3.63) is 47.1 Å². The van der Waals surface area contributed by atoms with E-state index in [1.54, 1.807) is 12.1 Å². The smallest absolute Gasteiger partial charge is 0.238 e. The van der Waals surface area contributed by atoms with Crippen LogP contribution in [0.25, 0.3) is 0 Å². The van der Waals surface area contributed by atoms with Gasteiger partial charge in [0.15, 0.2) is 5.69 Å². The van der Waals surface area contributed by atoms with E-state index in [9.17, 15) is 13.2 Å². The van der Waals surface area contributed by atoms with Crippen LogP contribution in [0.15, 0.2) is 41.3 Å². The number of hydrogen-bond donors (Lipinski definition) is 2. The van der Waals surface area contributed by atoms with Crippen molar-refractivity contribution < 1.29 is 13.2 Å². The molecule has 1 aliphatic heterocycles. The second-order valence-corrected chi connectivity index (χ2v) is 8.40. The quantitative estimate of drug-likeness (QED) is 0.780. The van der Waals surface area contributed by atoms with E-state index >= 15 is 0 Å². The summed E-state index contributed by atoms with van der Waals surface area (Å²) in [6, 6.07) is 11.1. The highest BCUT2D eigenvalue weighted by atomic mass is 35.5. The number of nitrogens with zero attached hydrogens (tertiary/aromatic N) is 3. The summed E-state index contributed by atoms with van der Waals surface area (Å²) < 4.78 is 22.6. The largest absolute Gasteiger partial charge is 0.357 e. The van der Waals surface area contributed by atoms with Gasteiger partial charge in [0.05, 0.1) is 9.92 Å². The van der Waals surface area contributed by atoms with Gasteiger partial charge in [-0.2, -0.15) is 5.26 Å². The van der Waals surface area contributed by atoms with Gasteiger partial charge in [-0.25, -0.2) is 18.5 Å². The number of nitriles is 1. The predicted octanol–water partition coefficient (Wildman–Crippen LogP) is 2.11. The first kappa shape index (κ1) is 20.1. The van der Waals surface area contributed by atoms with E-state index in [0.29, 0.717) is 42.5 Å². The predicted molar refractivity (Wildman–Crippen MR) is 105 cm³/mol. The van der Waals surface area contributed by atoms with Crippen LogP contribution in [0.4, 0.5) is 11.5 Å². The van der Waals surface area contributed by atoms with E-state index in [-0.39, 0.29) is 22.4 Å². The van der Waals surface area contributed by atoms with E-state index < -0.39 is 10.0 Å². The lowest BCUT2D eigenvalue weighted by molar-refractivity contribution is -0.120. The Labute approximate surface area is 168 Å². The molecular formula is C18H18ClN5O3S. The molecule has 2 heterocycles. The fourth-order valence-corrected chi connectivity index (χ4v) is 3.69. The van der Waals surface area contributed by atoms with E-state index in [0.717, 1.165) is 0 Å². The summed E-state index contributed by atoms with van der Waals surface area (Å²) in [4.78, 5) is 18.7. The number of anilines is 2. The molecule has 0 saturated carbocycles. The van der Waals surface area contributed by atoms with Crippen LogP contribution in [0.3, 0.4) is 0 Å². The first-order chi connectivity index (χ1) is 13.3. The number of hydrogen-bond acceptors (Lipinski definition) is 6. The Morgan fingerprint density at radius 2 is 1.86 bits per heavy atom. The Morgan fingerprint density at radius 3 is 2.43 bits per heavy atom. The number of nitrogens with two attached hydrogens (primary N) is 1. The summed E-state index contributed by atoms with van der Waals surface area (Å²) in [5, 5.41) is 17.2. The van der Waals surface area contributed by atoms with Crippen LogP contribution in [-0.2, 0) is 14.8 Å². The van der Waals surface area contributed by atoms with Crippen LogP contribution in [-0.4, -0.2) is 32.4 Å². The molecule has 0 radical (unpaired) electrons. The number of carbonyl (C=O) groups is 1. The van der Waals surface area contributed by atoms with Gasteiger partial charge in [0.25, 0.3) is 0 Å². The van der Waals surface area contributed by atoms with Crippen LogP contribution in [0, 0.1) is 17.2 Å². The molecule has 0 spiro atoms. The van der Waals surface area contributed by atoms with E-state index in [2.05, 4.69) is 10.3 Å². The van der Waals surface area contributed by atoms with Crippen LogP contribution in [0.2, 0.25) is 5.02 Å². The Morgan fingerprint density at radius 1 is 1.21 bits per heavy atom. The highest BCUT2D eigenvalue weighted by Crippen LogP contribution is 2.25. The van der Waals surface area contributed by atoms with Crippen LogP contribution in [0.5, 0.6) is 0 Å². The average molecular weight is 420 g/mol. The maximum atomic E-state index is 12.5. The minimum absolute atomic E-state index is 0.00832. The molecule has 2 aromatic rings. The van der Waals surface area contributed by atoms with Gasteiger partial charge in [-0.1, -0.05) is 11.6 Å². The molecule has 8 nitrogen and oxygen atoms in total. The van der Waals surface area contributed by atoms with Gasteiger partial charge in [-0.3, -0.25) is 4.79 Å². The fraction of sp³-hybridized carbons (Fsp3) is 0.278. The summed E-state index contributed by atoms with van der Waals surface area (Å²) in [5.74, 6) is 0.375. The molecule has 0 unspecified atom stereocenters. The maximum absolute atomic E-state index is 12.5. The van der Waals surface area contributed by atoms with Gasteiger partial charge in [-0.05, 0) is 49.2 Å². The monoisotopic (exact) mass is 419 g/mol. The van der Waals surface area contributed by atoms with Crippen LogP contribution >= 0.6 is 11.6 Å². The minimum atomic E-state index is -3.76. The topological polar surface area (TPSA) is 129 Å². The molecule has 10 heteroatoms. The van der Waals surface area contributed by atoms with Crippen molar-refractivity contribution in [2.45, 2.75) is 17.7 Å². The normalized spacial score (nSPS) is 15.1. The molecule has 1 fully saturated rings. The number of benzene rings is 1. The maximum Gasteiger partial charge on any atom is 0.238 e. The molecule has 146 valence electrons. The zero-order chi connectivity index (χ0) is 20.3. The first-order valence-electron chi connectivity index (χ1n) is 8.53. The van der Waals surface area contributed by atoms with Crippen molar-refractivity contribution >= 4 is 39.0 Å². The van der Waals surface area contributed by atoms with Crippen LogP contribution < -0.4 is 15.4 Å². The number of aromatic nitrogens is 1. The van der Waals surface area contributed by atoms with Crippen LogP contribution in [0.1, 0.15) is 18.5 Å². The third-order valence-electron chi connectivity index (χ3n) is 4.58.